The molecule has 0 N–H and O–H groups in total. The molecule has 3 rings (SSSR count). The summed E-state index contributed by atoms with van der Waals surface area (Å²) >= 11 is 0. The summed E-state index contributed by atoms with van der Waals surface area (Å²) in [5.41, 5.74) is 2.53. The largest absolute Gasteiger partial charge is 0.356 e. The van der Waals surface area contributed by atoms with E-state index >= 15 is 0 Å². The van der Waals surface area contributed by atoms with E-state index in [1.165, 1.54) is 4.31 Å². The molecule has 134 valence electrons. The van der Waals surface area contributed by atoms with Crippen LogP contribution in [0.4, 0.5) is 0 Å². The van der Waals surface area contributed by atoms with E-state index in [2.05, 4.69) is 0 Å². The number of aryl methyl sites for hydroxylation is 2. The maximum atomic E-state index is 12.6. The van der Waals surface area contributed by atoms with Crippen LogP contribution in [0.25, 0.3) is 0 Å². The van der Waals surface area contributed by atoms with Crippen molar-refractivity contribution in [3.63, 3.8) is 0 Å². The van der Waals surface area contributed by atoms with E-state index in [1.807, 2.05) is 49.0 Å². The lowest BCUT2D eigenvalue weighted by Gasteiger charge is -2.34. The number of benzene rings is 1. The van der Waals surface area contributed by atoms with Crippen LogP contribution < -0.4 is 0 Å². The fourth-order valence-electron chi connectivity index (χ4n) is 2.97. The van der Waals surface area contributed by atoms with Crippen molar-refractivity contribution in [1.29, 1.82) is 0 Å². The van der Waals surface area contributed by atoms with E-state index in [1.54, 1.807) is 17.2 Å². The van der Waals surface area contributed by atoms with Crippen LogP contribution in [0.15, 0.2) is 42.7 Å². The third kappa shape index (κ3) is 4.11. The molecule has 1 aromatic heterocycles. The van der Waals surface area contributed by atoms with Crippen molar-refractivity contribution in [1.82, 2.24) is 13.8 Å². The van der Waals surface area contributed by atoms with Crippen LogP contribution >= 0.6 is 0 Å². The number of carbonyl (C=O) groups excluding carboxylic acids is 1. The van der Waals surface area contributed by atoms with Crippen LogP contribution in [0.2, 0.25) is 0 Å². The van der Waals surface area contributed by atoms with Gasteiger partial charge in [0.1, 0.15) is 0 Å². The van der Waals surface area contributed by atoms with E-state index in [9.17, 15) is 13.2 Å². The van der Waals surface area contributed by atoms with Crippen LogP contribution in [0.5, 0.6) is 0 Å². The van der Waals surface area contributed by atoms with E-state index in [0.29, 0.717) is 31.7 Å². The van der Waals surface area contributed by atoms with E-state index in [-0.39, 0.29) is 11.7 Å². The van der Waals surface area contributed by atoms with Gasteiger partial charge in [0.2, 0.25) is 10.0 Å². The number of piperazine rings is 1. The van der Waals surface area contributed by atoms with Crippen molar-refractivity contribution < 1.29 is 13.2 Å². The average Bonchev–Trinajstić information content (AvgIpc) is 3.03. The Hall–Kier alpha value is -2.12. The van der Waals surface area contributed by atoms with Gasteiger partial charge in [-0.15, -0.1) is 0 Å². The van der Waals surface area contributed by atoms with Gasteiger partial charge in [0, 0.05) is 45.6 Å². The molecule has 0 saturated carbocycles. The summed E-state index contributed by atoms with van der Waals surface area (Å²) in [7, 11) is -1.50. The average molecular weight is 361 g/mol. The summed E-state index contributed by atoms with van der Waals surface area (Å²) in [6, 6.07) is 9.32. The number of carbonyl (C=O) groups is 1. The molecule has 25 heavy (non-hydrogen) atoms. The Kier molecular flexibility index (Phi) is 4.96. The number of hydrogen-bond donors (Lipinski definition) is 0. The molecule has 1 aliphatic rings. The number of nitrogens with zero attached hydrogens (tertiary/aromatic N) is 3. The van der Waals surface area contributed by atoms with Gasteiger partial charge >= 0.3 is 0 Å². The number of rotatable bonds is 4. The van der Waals surface area contributed by atoms with Crippen LogP contribution in [-0.4, -0.2) is 54.3 Å². The molecule has 0 bridgehead atoms. The van der Waals surface area contributed by atoms with Crippen LogP contribution in [-0.2, 0) is 22.8 Å². The van der Waals surface area contributed by atoms with Gasteiger partial charge in [0.25, 0.3) is 5.91 Å². The van der Waals surface area contributed by atoms with Crippen molar-refractivity contribution in [3.8, 4) is 0 Å². The molecule has 2 aromatic rings. The highest BCUT2D eigenvalue weighted by molar-refractivity contribution is 7.88. The molecule has 1 aromatic carbocycles. The molecule has 1 saturated heterocycles. The number of hydrogen-bond acceptors (Lipinski definition) is 3. The predicted octanol–water partition coefficient (Wildman–Crippen LogP) is 1.62. The van der Waals surface area contributed by atoms with Gasteiger partial charge in [-0.05, 0) is 18.6 Å². The third-order valence-electron chi connectivity index (χ3n) is 4.47. The van der Waals surface area contributed by atoms with Gasteiger partial charge < -0.3 is 9.47 Å². The molecule has 1 aliphatic heterocycles. The molecule has 0 aliphatic carbocycles. The highest BCUT2D eigenvalue weighted by Crippen LogP contribution is 2.16. The smallest absolute Gasteiger partial charge is 0.255 e. The number of aromatic nitrogens is 1. The lowest BCUT2D eigenvalue weighted by Crippen LogP contribution is -2.50. The van der Waals surface area contributed by atoms with Gasteiger partial charge in [-0.2, -0.15) is 4.31 Å². The number of amides is 1. The zero-order valence-electron chi connectivity index (χ0n) is 14.6. The topological polar surface area (TPSA) is 62.6 Å². The monoisotopic (exact) mass is 361 g/mol. The molecule has 0 atom stereocenters. The summed E-state index contributed by atoms with van der Waals surface area (Å²) in [5, 5.41) is 0. The minimum absolute atomic E-state index is 0.0000876. The first-order chi connectivity index (χ1) is 11.8. The molecule has 0 unspecified atom stereocenters. The number of sulfonamides is 1. The van der Waals surface area contributed by atoms with E-state index < -0.39 is 10.0 Å². The zero-order chi connectivity index (χ0) is 18.0. The first-order valence-electron chi connectivity index (χ1n) is 8.30. The van der Waals surface area contributed by atoms with Crippen LogP contribution in [0.3, 0.4) is 0 Å². The normalized spacial score (nSPS) is 16.2. The van der Waals surface area contributed by atoms with Crippen molar-refractivity contribution in [2.75, 3.05) is 26.2 Å². The van der Waals surface area contributed by atoms with Crippen molar-refractivity contribution in [2.24, 2.45) is 7.05 Å². The third-order valence-corrected chi connectivity index (χ3v) is 6.32. The Morgan fingerprint density at radius 2 is 1.68 bits per heavy atom. The molecule has 0 spiro atoms. The SMILES string of the molecule is Cc1ccc(CS(=O)(=O)N2CCN(C(=O)c3ccn(C)c3)CC2)cc1. The summed E-state index contributed by atoms with van der Waals surface area (Å²) < 4.78 is 28.5. The van der Waals surface area contributed by atoms with Crippen LogP contribution in [0, 0.1) is 6.92 Å². The summed E-state index contributed by atoms with van der Waals surface area (Å²) in [6.07, 6.45) is 3.61. The first kappa shape index (κ1) is 17.7. The van der Waals surface area contributed by atoms with Gasteiger partial charge in [-0.1, -0.05) is 29.8 Å². The lowest BCUT2D eigenvalue weighted by molar-refractivity contribution is 0.0698. The second-order valence-corrected chi connectivity index (χ2v) is 8.47. The molecule has 1 fully saturated rings. The van der Waals surface area contributed by atoms with Crippen molar-refractivity contribution >= 4 is 15.9 Å². The second-order valence-electron chi connectivity index (χ2n) is 6.50. The van der Waals surface area contributed by atoms with Gasteiger partial charge in [-0.3, -0.25) is 4.79 Å². The molecule has 7 heteroatoms. The molecular formula is C18H23N3O3S. The van der Waals surface area contributed by atoms with Crippen molar-refractivity contribution in [2.45, 2.75) is 12.7 Å². The zero-order valence-corrected chi connectivity index (χ0v) is 15.4. The summed E-state index contributed by atoms with van der Waals surface area (Å²) in [5.74, 6) is -0.0453. The highest BCUT2D eigenvalue weighted by Gasteiger charge is 2.29. The Morgan fingerprint density at radius 1 is 1.04 bits per heavy atom. The van der Waals surface area contributed by atoms with Gasteiger partial charge in [0.05, 0.1) is 11.3 Å². The van der Waals surface area contributed by atoms with Crippen molar-refractivity contribution in [3.05, 3.63) is 59.4 Å². The van der Waals surface area contributed by atoms with E-state index in [4.69, 9.17) is 0 Å². The first-order valence-corrected chi connectivity index (χ1v) is 9.91. The summed E-state index contributed by atoms with van der Waals surface area (Å²) in [6.45, 7) is 3.49. The molecule has 2 heterocycles. The quantitative estimate of drug-likeness (QED) is 0.831. The molecule has 1 amide bonds. The highest BCUT2D eigenvalue weighted by atomic mass is 32.2. The fraction of sp³-hybridized carbons (Fsp3) is 0.389. The Labute approximate surface area is 148 Å². The van der Waals surface area contributed by atoms with Gasteiger partial charge in [0.15, 0.2) is 0 Å². The Morgan fingerprint density at radius 3 is 2.24 bits per heavy atom. The minimum atomic E-state index is -3.37. The van der Waals surface area contributed by atoms with Gasteiger partial charge in [-0.25, -0.2) is 8.42 Å². The standard InChI is InChI=1S/C18H23N3O3S/c1-15-3-5-16(6-4-15)14-25(23,24)21-11-9-20(10-12-21)18(22)17-7-8-19(2)13-17/h3-8,13H,9-12,14H2,1-2H3. The molecule has 0 radical (unpaired) electrons. The van der Waals surface area contributed by atoms with E-state index in [0.717, 1.165) is 11.1 Å². The second kappa shape index (κ2) is 7.01. The maximum absolute atomic E-state index is 12.6. The lowest BCUT2D eigenvalue weighted by atomic mass is 10.2. The Bertz CT molecular complexity index is 848. The minimum Gasteiger partial charge on any atom is -0.356 e. The summed E-state index contributed by atoms with van der Waals surface area (Å²) in [4.78, 5) is 14.2. The molecular weight excluding hydrogens is 338 g/mol. The molecule has 6 nitrogen and oxygen atoms in total. The maximum Gasteiger partial charge on any atom is 0.255 e. The van der Waals surface area contributed by atoms with Crippen LogP contribution in [0.1, 0.15) is 21.5 Å². The predicted molar refractivity (Wildman–Crippen MR) is 96.7 cm³/mol. The fourth-order valence-corrected chi connectivity index (χ4v) is 4.48. The Balaban J connectivity index is 1.61.